The first-order chi connectivity index (χ1) is 68.8. The average Bonchev–Trinajstić information content (AvgIpc) is 1.41. The Morgan fingerprint density at radius 1 is 0.198 bits per heavy atom. The van der Waals surface area contributed by atoms with Crippen molar-refractivity contribution >= 4 is 87.0 Å². The highest BCUT2D eigenvalue weighted by molar-refractivity contribution is 6.24. The Labute approximate surface area is 630 Å². The topological polar surface area (TPSA) is 26.3 Å². The van der Waals surface area contributed by atoms with E-state index in [0.29, 0.717) is 0 Å². The minimum absolute atomic E-state index is 0.00681. The Morgan fingerprint density at radius 2 is 0.479 bits per heavy atom. The van der Waals surface area contributed by atoms with Crippen LogP contribution in [0.2, 0.25) is 0 Å². The minimum Gasteiger partial charge on any atom is -0.456 e. The van der Waals surface area contributed by atoms with Crippen LogP contribution < -0.4 is 0 Å². The van der Waals surface area contributed by atoms with Crippen molar-refractivity contribution in [2.24, 2.45) is 0 Å². The van der Waals surface area contributed by atoms with Crippen LogP contribution in [0, 0.1) is 0 Å². The molecule has 0 unspecified atom stereocenters. The van der Waals surface area contributed by atoms with E-state index in [0.717, 1.165) is 0 Å². The zero-order valence-electron chi connectivity index (χ0n) is 102. The molecule has 0 amide bonds. The van der Waals surface area contributed by atoms with Gasteiger partial charge in [-0.25, -0.2) is 0 Å². The summed E-state index contributed by atoms with van der Waals surface area (Å²) in [7, 11) is 0. The molecule has 2 aromatic heterocycles. The Kier molecular flexibility index (Phi) is 5.45. The van der Waals surface area contributed by atoms with Crippen LogP contribution in [0.15, 0.2) is 323 Å². The van der Waals surface area contributed by atoms with Gasteiger partial charge in [0.05, 0.1) is 71.3 Å². The molecule has 0 radical (unpaired) electrons. The third kappa shape index (κ3) is 8.51. The summed E-state index contributed by atoms with van der Waals surface area (Å²) in [5.41, 5.74) is -14.4. The number of hydrogen-bond donors (Lipinski definition) is 0. The molecule has 2 aliphatic rings. The maximum atomic E-state index is 9.93. The van der Waals surface area contributed by atoms with Gasteiger partial charge in [0.15, 0.2) is 0 Å². The fourth-order valence-electron chi connectivity index (χ4n) is 12.8. The van der Waals surface area contributed by atoms with Crippen molar-refractivity contribution in [3.63, 3.8) is 0 Å². The number of para-hydroxylation sites is 2. The third-order valence-electron chi connectivity index (χ3n) is 17.3. The van der Waals surface area contributed by atoms with E-state index in [1.165, 1.54) is 27.7 Å². The lowest BCUT2D eigenvalue weighted by molar-refractivity contribution is 0.660. The molecule has 452 valence electrons. The predicted octanol–water partition coefficient (Wildman–Crippen LogP) is 26.4. The minimum atomic E-state index is -1.50. The Hall–Kier alpha value is -11.8. The molecule has 2 heteroatoms. The zero-order chi connectivity index (χ0) is 109. The van der Waals surface area contributed by atoms with Crippen LogP contribution in [0.5, 0.6) is 0 Å². The molecule has 0 saturated carbocycles. The van der Waals surface area contributed by atoms with Crippen molar-refractivity contribution in [1.29, 1.82) is 0 Å². The van der Waals surface area contributed by atoms with Gasteiger partial charge in [0, 0.05) is 32.4 Å². The molecule has 0 saturated heterocycles. The molecule has 96 heavy (non-hydrogen) atoms. The summed E-state index contributed by atoms with van der Waals surface area (Å²) in [4.78, 5) is 0. The molecule has 16 aromatic carbocycles. The fraction of sp³-hybridized carbons (Fsp3) is 0.0638. The van der Waals surface area contributed by atoms with Gasteiger partial charge in [-0.05, 0) is 209 Å². The molecule has 2 heterocycles. The van der Waals surface area contributed by atoms with E-state index in [2.05, 4.69) is 0 Å². The lowest BCUT2D eigenvalue weighted by Gasteiger charge is -2.22. The lowest BCUT2D eigenvalue weighted by atomic mass is 9.81. The number of hydrogen-bond acceptors (Lipinski definition) is 2. The van der Waals surface area contributed by atoms with Gasteiger partial charge < -0.3 is 8.83 Å². The van der Waals surface area contributed by atoms with Crippen molar-refractivity contribution in [1.82, 2.24) is 0 Å². The van der Waals surface area contributed by atoms with Crippen LogP contribution in [0.25, 0.3) is 176 Å². The van der Waals surface area contributed by atoms with Gasteiger partial charge >= 0.3 is 0 Å². The van der Waals surface area contributed by atoms with Crippen molar-refractivity contribution in [2.75, 3.05) is 0 Å². The standard InChI is InChI=1S/2C47H32O/c1-47(2)41-20-9-7-14-33(41)34-24-22-30(28-42(34)47)29-12-11-13-31(26-29)45-36-16-3-5-18-38(36)46(39-19-6-4-17-37(39)45)32-23-25-44-40(27-32)35-15-8-10-21-43(35)48-44;1-47(2)41-17-9-7-11-33(41)34-25-23-31(28-42(34)47)29-19-21-30(22-20-29)45-36-13-3-5-15-38(36)46(39-16-6-4-14-37(39)45)32-24-26-44-40(27-32)35-12-8-10-18-43(35)48-44/h2*3-28H,1-2H3/i2*3D,4D,5D,6D,7D,8D,9D,10D,11D,12D,13D,14D,15D,16D,17D,18D,19D,20D,21D,22D,23D,24D,25D,26D,27D,28D. The highest BCUT2D eigenvalue weighted by Gasteiger charge is 2.37. The van der Waals surface area contributed by atoms with Crippen molar-refractivity contribution in [2.45, 2.75) is 38.5 Å². The van der Waals surface area contributed by atoms with Crippen molar-refractivity contribution in [3.05, 3.63) is 336 Å². The number of benzene rings is 16. The highest BCUT2D eigenvalue weighted by atomic mass is 16.3. The number of rotatable bonds is 6. The van der Waals surface area contributed by atoms with Gasteiger partial charge in [0.2, 0.25) is 0 Å². The second kappa shape index (κ2) is 21.3. The molecular formula is C94H64O2. The summed E-state index contributed by atoms with van der Waals surface area (Å²) in [5.74, 6) is 0. The van der Waals surface area contributed by atoms with Gasteiger partial charge in [-0.1, -0.05) is 288 Å². The van der Waals surface area contributed by atoms with Gasteiger partial charge in [-0.15, -0.1) is 0 Å². The SMILES string of the molecule is [2H]c1c([2H])c(-c2c([2H])c([2H])c3c(c2[2H])C(C)(C)c2c([2H])c([2H])c([2H])c([2H])c2-3)c([2H])c(-c2c3c([2H])c([2H])c([2H])c([2H])c3c(-c3c([2H])c([2H])c4oc5c([2H])c([2H])c([2H])c([2H])c5c4c3[2H])c3c([2H])c([2H])c([2H])c([2H])c23)c1[2H].[2H]c1c([2H])c([2H])c2c(c1[2H])-c1c([2H])c([2H])c(-c3c([2H])c([2H])c(-c4c5c([2H])c([2H])c([2H])c([2H])c5c(-c5c([2H])c([2H])c6oc7c([2H])c([2H])c([2H])c([2H])c7c6c5[2H])c5c([2H])c([2H])c([2H])c([2H])c45)c([2H])c3[2H])c([2H])c1C2(C)C. The average molecular weight is 1280 g/mol. The van der Waals surface area contributed by atoms with E-state index in [9.17, 15) is 35.6 Å². The third-order valence-corrected chi connectivity index (χ3v) is 17.3. The van der Waals surface area contributed by atoms with Crippen molar-refractivity contribution < 1.29 is 80.1 Å². The Bertz CT molecular complexity index is 9340. The van der Waals surface area contributed by atoms with E-state index < -0.39 is 479 Å². The van der Waals surface area contributed by atoms with Crippen LogP contribution >= 0.6 is 0 Å². The first-order valence-corrected chi connectivity index (χ1v) is 29.3. The summed E-state index contributed by atoms with van der Waals surface area (Å²) in [5, 5.41) is -7.34. The maximum Gasteiger partial charge on any atom is 0.135 e. The summed E-state index contributed by atoms with van der Waals surface area (Å²) in [6.45, 7) is 6.08. The zero-order valence-corrected chi connectivity index (χ0v) is 49.8. The van der Waals surface area contributed by atoms with Gasteiger partial charge in [0.25, 0.3) is 0 Å². The molecule has 2 nitrogen and oxygen atoms in total. The van der Waals surface area contributed by atoms with E-state index in [1.807, 2.05) is 0 Å². The molecule has 0 aliphatic heterocycles. The molecule has 0 fully saturated rings. The monoisotopic (exact) mass is 1280 g/mol. The van der Waals surface area contributed by atoms with Crippen LogP contribution in [-0.2, 0) is 10.8 Å². The summed E-state index contributed by atoms with van der Waals surface area (Å²) in [6.07, 6.45) is 0. The number of fused-ring (bicyclic) bond motifs is 16. The molecule has 2 aliphatic carbocycles. The van der Waals surface area contributed by atoms with Crippen LogP contribution in [0.1, 0.15) is 121 Å². The smallest absolute Gasteiger partial charge is 0.135 e. The molecule has 0 atom stereocenters. The quantitative estimate of drug-likeness (QED) is 0.155. The van der Waals surface area contributed by atoms with E-state index in [-0.39, 0.29) is 44.5 Å². The molecule has 0 spiro atoms. The first kappa shape index (κ1) is 24.5. The second-order valence-electron chi connectivity index (χ2n) is 23.3. The molecule has 20 rings (SSSR count). The maximum absolute atomic E-state index is 9.93. The van der Waals surface area contributed by atoms with Crippen LogP contribution in [-0.4, -0.2) is 0 Å². The van der Waals surface area contributed by atoms with Gasteiger partial charge in [-0.2, -0.15) is 0 Å². The van der Waals surface area contributed by atoms with Gasteiger partial charge in [0.1, 0.15) is 22.3 Å². The van der Waals surface area contributed by atoms with E-state index in [4.69, 9.17) is 44.5 Å². The fourth-order valence-corrected chi connectivity index (χ4v) is 12.8. The molecule has 0 bridgehead atoms. The van der Waals surface area contributed by atoms with E-state index in [1.54, 1.807) is 0 Å². The summed E-state index contributed by atoms with van der Waals surface area (Å²) in [6, 6.07) is -43.2. The van der Waals surface area contributed by atoms with Crippen LogP contribution in [0.4, 0.5) is 0 Å². The summed E-state index contributed by atoms with van der Waals surface area (Å²) < 4.78 is 483. The van der Waals surface area contributed by atoms with Crippen molar-refractivity contribution in [3.8, 4) is 89.0 Å². The van der Waals surface area contributed by atoms with E-state index >= 15 is 0 Å². The predicted molar refractivity (Wildman–Crippen MR) is 405 cm³/mol. The van der Waals surface area contributed by atoms with Gasteiger partial charge in [-0.3, -0.25) is 0 Å². The molecule has 0 N–H and O–H groups in total. The lowest BCUT2D eigenvalue weighted by Crippen LogP contribution is -2.14. The summed E-state index contributed by atoms with van der Waals surface area (Å²) >= 11 is 0. The Balaban J connectivity index is 0.000000186. The molecular weight excluding hydrogens is 1160 g/mol. The normalized spacial score (nSPS) is 21.0. The second-order valence-corrected chi connectivity index (χ2v) is 23.3. The van der Waals surface area contributed by atoms with Crippen LogP contribution in [0.3, 0.4) is 0 Å². The largest absolute Gasteiger partial charge is 0.456 e. The first-order valence-electron chi connectivity index (χ1n) is 55.3. The number of furan rings is 2. The highest BCUT2D eigenvalue weighted by Crippen LogP contribution is 2.53. The Morgan fingerprint density at radius 3 is 0.906 bits per heavy atom. The molecule has 18 aromatic rings.